The minimum Gasteiger partial charge on any atom is -0.663 e. The average Bonchev–Trinajstić information content (AvgIpc) is 1.83. The quantitative estimate of drug-likeness (QED) is 0.0205. The van der Waals surface area contributed by atoms with E-state index in [0.717, 1.165) is 5.69 Å². The van der Waals surface area contributed by atoms with E-state index in [9.17, 15) is 63.1 Å². The van der Waals surface area contributed by atoms with Crippen LogP contribution in [0.25, 0.3) is 10.9 Å². The van der Waals surface area contributed by atoms with Gasteiger partial charge in [0.15, 0.2) is 0 Å². The SMILES string of the molecule is CC(C)C[C@H](NC(=O)C[C@H](O)[C@H](CC(C)C)NC(=O)[C@H](Cc1cncn1C)NC(=O)CNC(=O)[C@@H](NC(=O)[C@H](C)NC(=O)[C@H](Cc1c[n-]c2ccccc12)NC(=O)[C@H](CCC(N)=O)NC(=O)CCCCNC(=O)c1ccc([N+](C)(C)C)c(C#N)c1)C(C)C)C(N)=O. The van der Waals surface area contributed by atoms with Crippen molar-refractivity contribution in [2.75, 3.05) is 34.2 Å². The number of hydrogen-bond acceptors (Lipinski definition) is 14. The van der Waals surface area contributed by atoms with Gasteiger partial charge in [0.05, 0.1) is 52.6 Å². The van der Waals surface area contributed by atoms with Crippen LogP contribution in [0.1, 0.15) is 127 Å². The Kier molecular flexibility index (Phi) is 28.7. The molecule has 28 nitrogen and oxygen atoms in total. The molecule has 2 heterocycles. The first-order chi connectivity index (χ1) is 42.8. The molecule has 0 fully saturated rings. The fourth-order valence-corrected chi connectivity index (χ4v) is 9.95. The first-order valence-electron chi connectivity index (χ1n) is 30.5. The molecule has 28 heteroatoms. The van der Waals surface area contributed by atoms with Gasteiger partial charge >= 0.3 is 0 Å². The van der Waals surface area contributed by atoms with Crippen molar-refractivity contribution in [2.24, 2.45) is 36.3 Å². The number of unbranched alkanes of at least 4 members (excludes halogenated alkanes) is 1. The fourth-order valence-electron chi connectivity index (χ4n) is 9.95. The molecule has 11 amide bonds. The minimum absolute atomic E-state index is 0.0257. The van der Waals surface area contributed by atoms with Gasteiger partial charge in [-0.2, -0.15) is 11.5 Å². The number of benzene rings is 2. The molecule has 496 valence electrons. The smallest absolute Gasteiger partial charge is 0.251 e. The summed E-state index contributed by atoms with van der Waals surface area (Å²) in [6, 6.07) is 5.49. The molecule has 2 aromatic heterocycles. The molecule has 0 spiro atoms. The van der Waals surface area contributed by atoms with E-state index >= 15 is 0 Å². The van der Waals surface area contributed by atoms with Crippen molar-refractivity contribution in [3.8, 4) is 6.07 Å². The molecule has 0 bridgehead atoms. The Labute approximate surface area is 530 Å². The van der Waals surface area contributed by atoms with Crippen LogP contribution in [0.4, 0.5) is 5.69 Å². The Morgan fingerprint density at radius 2 is 1.33 bits per heavy atom. The van der Waals surface area contributed by atoms with E-state index in [2.05, 4.69) is 63.9 Å². The summed E-state index contributed by atoms with van der Waals surface area (Å²) in [5.41, 5.74) is 14.1. The topological polar surface area (TPSA) is 424 Å². The number of aliphatic hydroxyl groups excluding tert-OH is 1. The molecule has 4 aromatic rings. The Morgan fingerprint density at radius 1 is 0.692 bits per heavy atom. The van der Waals surface area contributed by atoms with Crippen molar-refractivity contribution in [1.29, 1.82) is 5.26 Å². The molecule has 4 rings (SSSR count). The van der Waals surface area contributed by atoms with Crippen LogP contribution in [0.5, 0.6) is 0 Å². The first kappa shape index (κ1) is 74.2. The zero-order valence-electron chi connectivity index (χ0n) is 53.9. The Bertz CT molecular complexity index is 3250. The Balaban J connectivity index is 1.42. The zero-order valence-corrected chi connectivity index (χ0v) is 53.9. The maximum Gasteiger partial charge on any atom is 0.251 e. The lowest BCUT2D eigenvalue weighted by atomic mass is 9.96. The summed E-state index contributed by atoms with van der Waals surface area (Å²) in [4.78, 5) is 156. The number of nitriles is 1. The molecule has 0 aliphatic carbocycles. The van der Waals surface area contributed by atoms with E-state index in [1.807, 2.05) is 48.8 Å². The monoisotopic (exact) mass is 1260 g/mol. The third kappa shape index (κ3) is 24.2. The van der Waals surface area contributed by atoms with Crippen molar-refractivity contribution in [3.63, 3.8) is 0 Å². The third-order valence-corrected chi connectivity index (χ3v) is 14.9. The van der Waals surface area contributed by atoms with Crippen molar-refractivity contribution >= 4 is 81.6 Å². The third-order valence-electron chi connectivity index (χ3n) is 14.9. The highest BCUT2D eigenvalue weighted by Crippen LogP contribution is 2.24. The molecule has 0 saturated heterocycles. The number of para-hydroxylation sites is 1. The molecule has 0 radical (unpaired) electrons. The minimum atomic E-state index is -1.42. The van der Waals surface area contributed by atoms with Gasteiger partial charge in [0.25, 0.3) is 5.91 Å². The van der Waals surface area contributed by atoms with E-state index in [0.29, 0.717) is 44.2 Å². The predicted octanol–water partition coefficient (Wildman–Crippen LogP) is -0.236. The Morgan fingerprint density at radius 3 is 1.95 bits per heavy atom. The van der Waals surface area contributed by atoms with E-state index < -0.39 is 132 Å². The van der Waals surface area contributed by atoms with E-state index in [4.69, 9.17) is 11.5 Å². The second-order valence-corrected chi connectivity index (χ2v) is 24.9. The van der Waals surface area contributed by atoms with Crippen molar-refractivity contribution in [2.45, 2.75) is 161 Å². The van der Waals surface area contributed by atoms with Gasteiger partial charge in [0.2, 0.25) is 59.1 Å². The second-order valence-electron chi connectivity index (χ2n) is 24.9. The highest BCUT2D eigenvalue weighted by Gasteiger charge is 2.34. The summed E-state index contributed by atoms with van der Waals surface area (Å²) < 4.78 is 2.02. The molecule has 14 N–H and O–H groups in total. The van der Waals surface area contributed by atoms with Gasteiger partial charge in [-0.1, -0.05) is 71.4 Å². The first-order valence-corrected chi connectivity index (χ1v) is 30.5. The average molecular weight is 1270 g/mol. The summed E-state index contributed by atoms with van der Waals surface area (Å²) in [7, 11) is 7.40. The highest BCUT2D eigenvalue weighted by molar-refractivity contribution is 5.98. The number of nitrogens with one attached hydrogen (secondary N) is 9. The number of quaternary nitrogens is 1. The predicted molar refractivity (Wildman–Crippen MR) is 339 cm³/mol. The maximum absolute atomic E-state index is 14.3. The van der Waals surface area contributed by atoms with Gasteiger partial charge in [-0.3, -0.25) is 57.2 Å². The molecule has 0 aliphatic heterocycles. The standard InChI is InChI=1S/C63H92N16O12/c1-35(2)24-46(51(80)29-54(83)73-47(57(66)85)25-36(3)4)75-62(90)49(28-42-32-67-34-78(42)8)74-55(84)33-70-63(91)56(37(5)6)77-58(86)38(7)71-61(89)48(27-41-31-69-44-17-13-12-16-43(41)44)76-60(88)45(20-22-52(65)81)72-53(82)18-14-15-23-68-59(87)39-19-21-50(79(9,10)11)40(26-39)30-64/h12-13,16-17,19,21,26,31-32,34-38,45-49,51,56,80H,14-15,18,20,22-25,27-29,33H2,1-11H3,(H2,65,81)(H2,66,85)(H,68,87)(H,70,91)(H,71,89)(H,72,82)(H,73,83)(H,74,84)(H,75,90)(H,76,88)(H,77,86)/t38-,45-,46-,47-,48-,49-,51-,56-/m0/s1. The van der Waals surface area contributed by atoms with Gasteiger partial charge in [-0.25, -0.2) is 4.98 Å². The van der Waals surface area contributed by atoms with Gasteiger partial charge in [0, 0.05) is 62.8 Å². The number of aryl methyl sites for hydroxylation is 1. The number of hydrogen-bond donors (Lipinski definition) is 12. The lowest BCUT2D eigenvalue weighted by Gasteiger charge is -2.28. The second kappa shape index (κ2) is 35.2. The number of rotatable bonds is 37. The lowest BCUT2D eigenvalue weighted by Crippen LogP contribution is -2.59. The normalized spacial score (nSPS) is 14.1. The zero-order chi connectivity index (χ0) is 67.9. The number of imidazole rings is 1. The number of amides is 11. The number of aromatic nitrogens is 3. The number of carbonyl (C=O) groups is 11. The molecule has 0 saturated carbocycles. The summed E-state index contributed by atoms with van der Waals surface area (Å²) >= 11 is 0. The summed E-state index contributed by atoms with van der Waals surface area (Å²) in [5, 5.41) is 45.5. The van der Waals surface area contributed by atoms with Crippen LogP contribution in [0.15, 0.2) is 61.2 Å². The Hall–Kier alpha value is -9.23. The summed E-state index contributed by atoms with van der Waals surface area (Å²) in [6.45, 7) is 11.6. The van der Waals surface area contributed by atoms with Crippen LogP contribution in [0, 0.1) is 29.1 Å². The van der Waals surface area contributed by atoms with Gasteiger partial charge in [0.1, 0.15) is 53.6 Å². The molecular weight excluding hydrogens is 1170 g/mol. The number of carbonyl (C=O) groups excluding carboxylic acids is 11. The fraction of sp³-hybridized carbons (Fsp3) is 0.540. The van der Waals surface area contributed by atoms with Crippen LogP contribution in [-0.4, -0.2) is 162 Å². The van der Waals surface area contributed by atoms with Gasteiger partial charge in [-0.05, 0) is 74.3 Å². The maximum atomic E-state index is 14.3. The molecule has 8 atom stereocenters. The number of fused-ring (bicyclic) bond motifs is 1. The van der Waals surface area contributed by atoms with E-state index in [1.165, 1.54) is 31.7 Å². The number of nitrogens with zero attached hydrogens (tertiary/aromatic N) is 5. The number of nitrogens with two attached hydrogens (primary N) is 2. The van der Waals surface area contributed by atoms with Crippen LogP contribution in [0.2, 0.25) is 0 Å². The van der Waals surface area contributed by atoms with Gasteiger partial charge < -0.3 is 74.0 Å². The molecule has 0 aliphatic rings. The van der Waals surface area contributed by atoms with Crippen molar-refractivity contribution in [1.82, 2.24) is 66.9 Å². The molecule has 0 unspecified atom stereocenters. The van der Waals surface area contributed by atoms with E-state index in [1.54, 1.807) is 61.9 Å². The number of aliphatic hydroxyl groups is 1. The van der Waals surface area contributed by atoms with Gasteiger partial charge in [-0.15, -0.1) is 5.52 Å². The largest absolute Gasteiger partial charge is 0.663 e. The van der Waals surface area contributed by atoms with Crippen LogP contribution < -0.4 is 68.8 Å². The molecule has 91 heavy (non-hydrogen) atoms. The van der Waals surface area contributed by atoms with Crippen LogP contribution in [0.3, 0.4) is 0 Å². The summed E-state index contributed by atoms with van der Waals surface area (Å²) in [5.74, 6) is -8.57. The molecule has 2 aromatic carbocycles. The van der Waals surface area contributed by atoms with Crippen molar-refractivity contribution in [3.05, 3.63) is 83.6 Å². The van der Waals surface area contributed by atoms with E-state index in [-0.39, 0.29) is 69.7 Å². The summed E-state index contributed by atoms with van der Waals surface area (Å²) in [6.07, 6.45) is 2.93. The molecular formula is C63H92N16O12. The lowest BCUT2D eigenvalue weighted by molar-refractivity contribution is -0.135. The van der Waals surface area contributed by atoms with Crippen LogP contribution in [-0.2, 0) is 67.8 Å². The van der Waals surface area contributed by atoms with Crippen molar-refractivity contribution < 1.29 is 57.8 Å². The highest BCUT2D eigenvalue weighted by atomic mass is 16.3. The number of primary amides is 2. The van der Waals surface area contributed by atoms with Crippen LogP contribution >= 0.6 is 0 Å².